The first-order valence-corrected chi connectivity index (χ1v) is 4.13. The van der Waals surface area contributed by atoms with Crippen LogP contribution in [0.25, 0.3) is 0 Å². The van der Waals surface area contributed by atoms with Crippen molar-refractivity contribution in [3.8, 4) is 5.75 Å². The molecule has 3 nitrogen and oxygen atoms in total. The second-order valence-electron chi connectivity index (χ2n) is 2.24. The summed E-state index contributed by atoms with van der Waals surface area (Å²) in [6.07, 6.45) is 0. The van der Waals surface area contributed by atoms with Crippen LogP contribution in [-0.2, 0) is 24.3 Å². The number of halogens is 2. The summed E-state index contributed by atoms with van der Waals surface area (Å²) >= 11 is 10.7. The van der Waals surface area contributed by atoms with Crippen molar-refractivity contribution in [2.24, 2.45) is 0 Å². The van der Waals surface area contributed by atoms with Crippen molar-refractivity contribution in [1.82, 2.24) is 0 Å². The molecule has 0 aliphatic heterocycles. The van der Waals surface area contributed by atoms with Gasteiger partial charge in [-0.2, -0.15) is 0 Å². The maximum Gasteiger partial charge on any atom is 0.381 e. The van der Waals surface area contributed by atoms with Crippen molar-refractivity contribution in [2.45, 2.75) is 4.52 Å². The van der Waals surface area contributed by atoms with E-state index in [4.69, 9.17) is 33.0 Å². The normalized spacial score (nSPS) is 10.1. The van der Waals surface area contributed by atoms with E-state index in [-0.39, 0.29) is 19.5 Å². The first-order valence-electron chi connectivity index (χ1n) is 3.37. The van der Waals surface area contributed by atoms with E-state index in [1.54, 1.807) is 30.3 Å². The number of carboxylic acid groups (broad SMARTS) is 1. The standard InChI is InChI=1S/C8H6Cl2O3.Zn/c9-8(10,7(11)12)13-6-4-2-1-3-5-6;/h1-5H,(H,11,12);. The van der Waals surface area contributed by atoms with Crippen LogP contribution in [0.3, 0.4) is 0 Å². The molecule has 72 valence electrons. The second-order valence-corrected chi connectivity index (χ2v) is 3.50. The number of rotatable bonds is 3. The van der Waals surface area contributed by atoms with Gasteiger partial charge in [-0.05, 0) is 35.3 Å². The summed E-state index contributed by atoms with van der Waals surface area (Å²) in [6, 6.07) is 8.24. The summed E-state index contributed by atoms with van der Waals surface area (Å²) in [5.74, 6) is -1.14. The van der Waals surface area contributed by atoms with Gasteiger partial charge in [0.1, 0.15) is 5.75 Å². The van der Waals surface area contributed by atoms with Crippen molar-refractivity contribution in [3.05, 3.63) is 30.3 Å². The molecule has 0 radical (unpaired) electrons. The largest absolute Gasteiger partial charge is 0.476 e. The monoisotopic (exact) mass is 284 g/mol. The maximum absolute atomic E-state index is 10.4. The molecule has 0 heterocycles. The van der Waals surface area contributed by atoms with Gasteiger partial charge >= 0.3 is 10.5 Å². The molecule has 0 aliphatic rings. The van der Waals surface area contributed by atoms with Crippen LogP contribution >= 0.6 is 23.2 Å². The van der Waals surface area contributed by atoms with Crippen molar-refractivity contribution >= 4 is 29.2 Å². The molecule has 6 heteroatoms. The Bertz CT molecular complexity index is 303. The van der Waals surface area contributed by atoms with Crippen molar-refractivity contribution in [3.63, 3.8) is 0 Å². The summed E-state index contributed by atoms with van der Waals surface area (Å²) in [5, 5.41) is 8.51. The molecule has 0 amide bonds. The molecule has 1 rings (SSSR count). The Morgan fingerprint density at radius 2 is 1.79 bits per heavy atom. The smallest absolute Gasteiger partial charge is 0.381 e. The number of hydrogen-bond acceptors (Lipinski definition) is 2. The van der Waals surface area contributed by atoms with Crippen LogP contribution in [0, 0.1) is 0 Å². The average Bonchev–Trinajstić information content (AvgIpc) is 2.05. The Balaban J connectivity index is 0.00000169. The van der Waals surface area contributed by atoms with Gasteiger partial charge in [0, 0.05) is 19.5 Å². The van der Waals surface area contributed by atoms with Crippen LogP contribution < -0.4 is 4.74 Å². The summed E-state index contributed by atoms with van der Waals surface area (Å²) in [7, 11) is 0. The number of hydrogen-bond donors (Lipinski definition) is 1. The van der Waals surface area contributed by atoms with Crippen LogP contribution in [0.1, 0.15) is 0 Å². The average molecular weight is 286 g/mol. The molecule has 14 heavy (non-hydrogen) atoms. The summed E-state index contributed by atoms with van der Waals surface area (Å²) in [5.41, 5.74) is 0. The predicted octanol–water partition coefficient (Wildman–Crippen LogP) is 2.28. The SMILES string of the molecule is O=C(O)C(Cl)(Cl)Oc1ccccc1.[Zn]. The van der Waals surface area contributed by atoms with Crippen LogP contribution in [0.4, 0.5) is 0 Å². The molecule has 0 aliphatic carbocycles. The van der Waals surface area contributed by atoms with Gasteiger partial charge in [-0.25, -0.2) is 4.79 Å². The molecule has 0 fully saturated rings. The van der Waals surface area contributed by atoms with Crippen molar-refractivity contribution in [2.75, 3.05) is 0 Å². The van der Waals surface area contributed by atoms with E-state index >= 15 is 0 Å². The van der Waals surface area contributed by atoms with E-state index in [1.807, 2.05) is 0 Å². The van der Waals surface area contributed by atoms with E-state index in [9.17, 15) is 4.79 Å². The van der Waals surface area contributed by atoms with Crippen molar-refractivity contribution in [1.29, 1.82) is 0 Å². The molecule has 0 saturated carbocycles. The minimum Gasteiger partial charge on any atom is -0.476 e. The quantitative estimate of drug-likeness (QED) is 0.685. The molecule has 0 spiro atoms. The van der Waals surface area contributed by atoms with Gasteiger partial charge in [-0.15, -0.1) is 0 Å². The summed E-state index contributed by atoms with van der Waals surface area (Å²) in [6.45, 7) is 0. The maximum atomic E-state index is 10.4. The molecule has 0 bridgehead atoms. The van der Waals surface area contributed by atoms with Gasteiger partial charge in [0.15, 0.2) is 0 Å². The van der Waals surface area contributed by atoms with Gasteiger partial charge in [0.2, 0.25) is 0 Å². The third kappa shape index (κ3) is 3.83. The van der Waals surface area contributed by atoms with Crippen LogP contribution in [0.15, 0.2) is 30.3 Å². The first-order chi connectivity index (χ1) is 6.02. The minimum atomic E-state index is -2.23. The van der Waals surface area contributed by atoms with Crippen molar-refractivity contribution < 1.29 is 34.1 Å². The van der Waals surface area contributed by atoms with Gasteiger partial charge in [0.25, 0.3) is 0 Å². The fourth-order valence-corrected chi connectivity index (χ4v) is 0.858. The Kier molecular flexibility index (Phi) is 5.42. The zero-order valence-electron chi connectivity index (χ0n) is 7.11. The molecule has 1 aromatic carbocycles. The van der Waals surface area contributed by atoms with E-state index in [0.717, 1.165) is 0 Å². The fourth-order valence-electron chi connectivity index (χ4n) is 0.680. The van der Waals surface area contributed by atoms with Gasteiger partial charge in [0.05, 0.1) is 0 Å². The number of carboxylic acids is 1. The third-order valence-corrected chi connectivity index (χ3v) is 1.72. The van der Waals surface area contributed by atoms with Gasteiger partial charge < -0.3 is 9.84 Å². The molecular formula is C8H6Cl2O3Zn. The predicted molar refractivity (Wildman–Crippen MR) is 49.1 cm³/mol. The van der Waals surface area contributed by atoms with E-state index in [0.29, 0.717) is 5.75 Å². The molecule has 0 saturated heterocycles. The van der Waals surface area contributed by atoms with E-state index < -0.39 is 10.5 Å². The van der Waals surface area contributed by atoms with Crippen LogP contribution in [-0.4, -0.2) is 15.6 Å². The number of para-hydroxylation sites is 1. The molecule has 0 aromatic heterocycles. The zero-order chi connectivity index (χ0) is 9.90. The van der Waals surface area contributed by atoms with Crippen LogP contribution in [0.5, 0.6) is 5.75 Å². The fraction of sp³-hybridized carbons (Fsp3) is 0.125. The number of carbonyl (C=O) groups is 1. The van der Waals surface area contributed by atoms with Gasteiger partial charge in [-0.3, -0.25) is 0 Å². The number of ether oxygens (including phenoxy) is 1. The number of aliphatic carboxylic acids is 1. The molecule has 1 aromatic rings. The van der Waals surface area contributed by atoms with Gasteiger partial charge in [-0.1, -0.05) is 18.2 Å². The Morgan fingerprint density at radius 1 is 1.29 bits per heavy atom. The Morgan fingerprint density at radius 3 is 2.21 bits per heavy atom. The molecular weight excluding hydrogens is 280 g/mol. The zero-order valence-corrected chi connectivity index (χ0v) is 11.6. The second kappa shape index (κ2) is 5.54. The summed E-state index contributed by atoms with van der Waals surface area (Å²) in [4.78, 5) is 10.4. The number of alkyl halides is 2. The molecule has 1 N–H and O–H groups in total. The molecule has 0 unspecified atom stereocenters. The summed E-state index contributed by atoms with van der Waals surface area (Å²) < 4.78 is 2.56. The third-order valence-electron chi connectivity index (χ3n) is 1.24. The minimum absolute atomic E-state index is 0. The topological polar surface area (TPSA) is 46.5 Å². The van der Waals surface area contributed by atoms with E-state index in [2.05, 4.69) is 0 Å². The van der Waals surface area contributed by atoms with Crippen LogP contribution in [0.2, 0.25) is 0 Å². The molecule has 0 atom stereocenters. The Hall–Kier alpha value is -0.307. The first kappa shape index (κ1) is 13.7. The van der Waals surface area contributed by atoms with E-state index in [1.165, 1.54) is 0 Å². The number of benzene rings is 1. The Labute approximate surface area is 104 Å².